The van der Waals surface area contributed by atoms with E-state index in [0.717, 1.165) is 23.8 Å². The van der Waals surface area contributed by atoms with Crippen molar-refractivity contribution in [2.45, 2.75) is 109 Å². The van der Waals surface area contributed by atoms with Gasteiger partial charge in [0.05, 0.1) is 18.9 Å². The Labute approximate surface area is 417 Å². The van der Waals surface area contributed by atoms with E-state index in [4.69, 9.17) is 16.3 Å². The van der Waals surface area contributed by atoms with Gasteiger partial charge in [0.1, 0.15) is 36.4 Å². The van der Waals surface area contributed by atoms with Crippen molar-refractivity contribution in [1.82, 2.24) is 35.8 Å². The Kier molecular flexibility index (Phi) is 20.8. The SMILES string of the molecule is CC(C)(C)[C@H](c1cc(-c2cc(F)ccc2F)cn1Cc1ccccc1)N(CC[C@H](NC(=O)[C@H](CC(N)=O)NC(=O)CCCC(=O)ON1C(=O)CCC1=O)C(=O)NCCC(=O)N[C@@H](CC(N)=O)C(=O)O)C(=O)CO. The van der Waals surface area contributed by atoms with E-state index in [9.17, 15) is 67.3 Å². The van der Waals surface area contributed by atoms with E-state index in [2.05, 4.69) is 21.3 Å². The molecule has 1 aromatic heterocycles. The summed E-state index contributed by atoms with van der Waals surface area (Å²) in [5.74, 6) is -12.4. The minimum atomic E-state index is -1.74. The number of nitrogens with zero attached hydrogens (tertiary/aromatic N) is 3. The topological polar surface area (TPSA) is 349 Å². The van der Waals surface area contributed by atoms with Crippen LogP contribution in [0.3, 0.4) is 0 Å². The number of rotatable bonds is 27. The fourth-order valence-corrected chi connectivity index (χ4v) is 7.88. The minimum absolute atomic E-state index is 0.0896. The number of carbonyl (C=O) groups excluding carboxylic acids is 10. The molecule has 0 bridgehead atoms. The lowest BCUT2D eigenvalue weighted by atomic mass is 9.82. The molecule has 1 aliphatic heterocycles. The number of aliphatic carboxylic acids is 1. The second-order valence-corrected chi connectivity index (χ2v) is 18.1. The smallest absolute Gasteiger partial charge is 0.333 e. The molecule has 2 aromatic carbocycles. The fourth-order valence-electron chi connectivity index (χ4n) is 7.88. The number of carbonyl (C=O) groups is 11. The van der Waals surface area contributed by atoms with Crippen LogP contribution in [0.1, 0.15) is 95.9 Å². The molecule has 1 aliphatic rings. The van der Waals surface area contributed by atoms with Gasteiger partial charge in [0.15, 0.2) is 0 Å². The monoisotopic (exact) mass is 1020 g/mol. The Hall–Kier alpha value is -8.09. The first-order chi connectivity index (χ1) is 34.4. The number of hydrogen-bond acceptors (Lipinski definition) is 13. The summed E-state index contributed by atoms with van der Waals surface area (Å²) in [4.78, 5) is 145. The summed E-state index contributed by atoms with van der Waals surface area (Å²) >= 11 is 0. The summed E-state index contributed by atoms with van der Waals surface area (Å²) in [6.45, 7) is 3.50. The molecule has 0 radical (unpaired) electrons. The lowest BCUT2D eigenvalue weighted by molar-refractivity contribution is -0.197. The molecule has 0 unspecified atom stereocenters. The number of amides is 9. The van der Waals surface area contributed by atoms with Crippen LogP contribution in [0.15, 0.2) is 60.8 Å². The molecule has 3 aromatic rings. The number of carboxylic acids is 1. The Morgan fingerprint density at radius 2 is 1.41 bits per heavy atom. The van der Waals surface area contributed by atoms with E-state index in [0.29, 0.717) is 10.8 Å². The van der Waals surface area contributed by atoms with Gasteiger partial charge in [-0.15, -0.1) is 5.06 Å². The minimum Gasteiger partial charge on any atom is -0.480 e. The Bertz CT molecular complexity index is 2550. The van der Waals surface area contributed by atoms with Crippen LogP contribution in [0.5, 0.6) is 0 Å². The molecule has 73 heavy (non-hydrogen) atoms. The first-order valence-corrected chi connectivity index (χ1v) is 23.0. The van der Waals surface area contributed by atoms with Crippen molar-refractivity contribution in [2.75, 3.05) is 19.7 Å². The van der Waals surface area contributed by atoms with E-state index in [1.165, 1.54) is 4.90 Å². The Balaban J connectivity index is 1.66. The maximum Gasteiger partial charge on any atom is 0.333 e. The van der Waals surface area contributed by atoms with Crippen molar-refractivity contribution in [3.05, 3.63) is 83.7 Å². The highest BCUT2D eigenvalue weighted by atomic mass is 19.1. The van der Waals surface area contributed by atoms with Crippen LogP contribution in [-0.4, -0.2) is 128 Å². The maximum atomic E-state index is 15.3. The van der Waals surface area contributed by atoms with Gasteiger partial charge in [-0.05, 0) is 48.1 Å². The third-order valence-corrected chi connectivity index (χ3v) is 11.3. The standard InChI is InChI=1S/C48H59F2N9O14/c1-48(2,3)44(35-20-28(30-21-29(49)12-13-31(30)50)25-57(35)24-27-8-5-4-6-9-27)58(42(67)26-60)19-17-32(45(69)53-18-16-39(64)55-34(47(71)72)23-37(52)62)56-46(70)33(22-36(51)61)54-38(63)10-7-11-43(68)73-59-40(65)14-15-41(59)66/h4-6,8-9,12-13,20-21,25,32-34,44,60H,7,10-11,14-19,22-24,26H2,1-3H3,(H2,51,61)(H2,52,62)(H,53,69)(H,54,63)(H,55,64)(H,56,70)(H,71,72)/t32-,33-,34-,44-/m0/s1. The van der Waals surface area contributed by atoms with E-state index in [-0.39, 0.29) is 36.9 Å². The van der Waals surface area contributed by atoms with E-state index in [1.807, 2.05) is 12.1 Å². The maximum absolute atomic E-state index is 15.3. The molecule has 10 N–H and O–H groups in total. The van der Waals surface area contributed by atoms with Crippen molar-refractivity contribution in [3.8, 4) is 11.1 Å². The first kappa shape index (κ1) is 57.5. The molecule has 1 fully saturated rings. The normalized spacial score (nSPS) is 14.0. The average molecular weight is 1020 g/mol. The van der Waals surface area contributed by atoms with Crippen molar-refractivity contribution in [2.24, 2.45) is 16.9 Å². The first-order valence-electron chi connectivity index (χ1n) is 23.0. The zero-order chi connectivity index (χ0) is 54.2. The van der Waals surface area contributed by atoms with Gasteiger partial charge < -0.3 is 57.3 Å². The van der Waals surface area contributed by atoms with Crippen LogP contribution in [0.25, 0.3) is 11.1 Å². The molecule has 394 valence electrons. The zero-order valence-corrected chi connectivity index (χ0v) is 40.3. The molecular formula is C48H59F2N9O14. The van der Waals surface area contributed by atoms with Crippen LogP contribution in [0.4, 0.5) is 8.78 Å². The van der Waals surface area contributed by atoms with Crippen molar-refractivity contribution < 1.29 is 76.6 Å². The average Bonchev–Trinajstić information content (AvgIpc) is 3.86. The number of benzene rings is 2. The molecule has 0 aliphatic carbocycles. The molecule has 25 heteroatoms. The number of aliphatic hydroxyl groups is 1. The molecule has 0 spiro atoms. The highest BCUT2D eigenvalue weighted by molar-refractivity contribution is 6.01. The zero-order valence-electron chi connectivity index (χ0n) is 40.3. The molecule has 9 amide bonds. The highest BCUT2D eigenvalue weighted by Gasteiger charge is 2.39. The summed E-state index contributed by atoms with van der Waals surface area (Å²) in [5, 5.41) is 29.4. The Morgan fingerprint density at radius 3 is 2.01 bits per heavy atom. The van der Waals surface area contributed by atoms with Gasteiger partial charge in [-0.3, -0.25) is 43.2 Å². The summed E-state index contributed by atoms with van der Waals surface area (Å²) in [6, 6.07) is 7.43. The number of hydroxylamine groups is 2. The summed E-state index contributed by atoms with van der Waals surface area (Å²) < 4.78 is 31.6. The van der Waals surface area contributed by atoms with Crippen molar-refractivity contribution in [1.29, 1.82) is 0 Å². The summed E-state index contributed by atoms with van der Waals surface area (Å²) in [7, 11) is 0. The van der Waals surface area contributed by atoms with Gasteiger partial charge in [0, 0.05) is 74.8 Å². The highest BCUT2D eigenvalue weighted by Crippen LogP contribution is 2.41. The summed E-state index contributed by atoms with van der Waals surface area (Å²) in [6.07, 6.45) is -2.37. The van der Waals surface area contributed by atoms with Gasteiger partial charge in [0.2, 0.25) is 41.4 Å². The lowest BCUT2D eigenvalue weighted by Gasteiger charge is -2.41. The summed E-state index contributed by atoms with van der Waals surface area (Å²) in [5.41, 5.74) is 10.9. The number of primary amides is 2. The number of nitrogens with one attached hydrogen (secondary N) is 4. The molecule has 0 saturated carbocycles. The molecule has 4 rings (SSSR count). The number of carboxylic acid groups (broad SMARTS) is 1. The molecule has 1 saturated heterocycles. The Morgan fingerprint density at radius 1 is 0.795 bits per heavy atom. The van der Waals surface area contributed by atoms with Crippen LogP contribution >= 0.6 is 0 Å². The number of aliphatic hydroxyl groups excluding tert-OH is 1. The van der Waals surface area contributed by atoms with Gasteiger partial charge >= 0.3 is 11.9 Å². The van der Waals surface area contributed by atoms with Crippen LogP contribution in [0, 0.1) is 17.0 Å². The predicted octanol–water partition coefficient (Wildman–Crippen LogP) is 0.353. The van der Waals surface area contributed by atoms with Crippen molar-refractivity contribution in [3.63, 3.8) is 0 Å². The molecular weight excluding hydrogens is 965 g/mol. The van der Waals surface area contributed by atoms with Gasteiger partial charge in [-0.25, -0.2) is 18.4 Å². The number of hydrogen-bond donors (Lipinski definition) is 8. The third-order valence-electron chi connectivity index (χ3n) is 11.3. The van der Waals surface area contributed by atoms with E-state index < -0.39 is 165 Å². The van der Waals surface area contributed by atoms with Gasteiger partial charge in [-0.2, -0.15) is 0 Å². The molecule has 4 atom stereocenters. The van der Waals surface area contributed by atoms with Gasteiger partial charge in [-0.1, -0.05) is 51.1 Å². The van der Waals surface area contributed by atoms with Crippen LogP contribution in [-0.2, 0) is 64.1 Å². The van der Waals surface area contributed by atoms with Gasteiger partial charge in [0.25, 0.3) is 11.8 Å². The van der Waals surface area contributed by atoms with Crippen LogP contribution in [0.2, 0.25) is 0 Å². The largest absolute Gasteiger partial charge is 0.480 e. The predicted molar refractivity (Wildman–Crippen MR) is 251 cm³/mol. The third kappa shape index (κ3) is 17.3. The molecule has 2 heterocycles. The number of halogens is 2. The molecule has 23 nitrogen and oxygen atoms in total. The van der Waals surface area contributed by atoms with Crippen molar-refractivity contribution >= 4 is 65.1 Å². The lowest BCUT2D eigenvalue weighted by Crippen LogP contribution is -2.56. The fraction of sp³-hybridized carbons (Fsp3) is 0.438. The second kappa shape index (κ2) is 26.4. The second-order valence-electron chi connectivity index (χ2n) is 18.1. The number of imide groups is 1. The van der Waals surface area contributed by atoms with E-state index in [1.54, 1.807) is 55.8 Å². The number of nitrogens with two attached hydrogens (primary N) is 2. The van der Waals surface area contributed by atoms with E-state index >= 15 is 4.39 Å². The van der Waals surface area contributed by atoms with Crippen LogP contribution < -0.4 is 32.7 Å². The number of aromatic nitrogens is 1. The quantitative estimate of drug-likeness (QED) is 0.0478.